The molecule has 0 unspecified atom stereocenters. The first-order chi connectivity index (χ1) is 13.1. The summed E-state index contributed by atoms with van der Waals surface area (Å²) in [4.78, 5) is 5.06. The zero-order valence-corrected chi connectivity index (χ0v) is 15.4. The standard InChI is InChI=1S/C23H25N3O/c24-22(26-23-10-13-6-14(11-23)8-15(7-13)12-23)25-19-5-4-16-2-1-3-17-20(27)9-18(19)21(16)17/h1-5,9,13-15,27H,6-8,10-12H2,(H3,24,25,26). The summed E-state index contributed by atoms with van der Waals surface area (Å²) in [6.45, 7) is 0. The van der Waals surface area contributed by atoms with E-state index in [0.29, 0.717) is 11.7 Å². The Hall–Kier alpha value is -2.49. The van der Waals surface area contributed by atoms with Crippen LogP contribution in [0, 0.1) is 17.8 Å². The van der Waals surface area contributed by atoms with E-state index in [2.05, 4.69) is 17.4 Å². The predicted octanol–water partition coefficient (Wildman–Crippen LogP) is 4.90. The van der Waals surface area contributed by atoms with Gasteiger partial charge in [0.15, 0.2) is 5.96 Å². The zero-order chi connectivity index (χ0) is 18.2. The molecule has 5 aliphatic carbocycles. The highest BCUT2D eigenvalue weighted by Crippen LogP contribution is 2.57. The fourth-order valence-corrected chi connectivity index (χ4v) is 6.72. The van der Waals surface area contributed by atoms with Gasteiger partial charge in [0, 0.05) is 22.2 Å². The minimum Gasteiger partial charge on any atom is -0.507 e. The zero-order valence-electron chi connectivity index (χ0n) is 15.4. The van der Waals surface area contributed by atoms with E-state index in [1.54, 1.807) is 0 Å². The fourth-order valence-electron chi connectivity index (χ4n) is 6.72. The third kappa shape index (κ3) is 2.32. The van der Waals surface area contributed by atoms with Crippen molar-refractivity contribution in [3.8, 4) is 0 Å². The molecule has 0 aromatic heterocycles. The van der Waals surface area contributed by atoms with Crippen LogP contribution in [0.1, 0.15) is 49.7 Å². The maximum absolute atomic E-state index is 10.3. The van der Waals surface area contributed by atoms with Gasteiger partial charge in [0.25, 0.3) is 0 Å². The number of aliphatic hydroxyl groups excluding tert-OH is 1. The number of nitrogens with two attached hydrogens (primary N) is 1. The summed E-state index contributed by atoms with van der Waals surface area (Å²) in [6, 6.07) is 10.1. The van der Waals surface area contributed by atoms with Gasteiger partial charge in [-0.2, -0.15) is 0 Å². The van der Waals surface area contributed by atoms with E-state index < -0.39 is 0 Å². The summed E-state index contributed by atoms with van der Waals surface area (Å²) in [7, 11) is 0. The van der Waals surface area contributed by atoms with E-state index in [1.807, 2.05) is 24.3 Å². The van der Waals surface area contributed by atoms with E-state index in [9.17, 15) is 5.11 Å². The van der Waals surface area contributed by atoms with E-state index in [1.165, 1.54) is 38.5 Å². The summed E-state index contributed by atoms with van der Waals surface area (Å²) >= 11 is 0. The van der Waals surface area contributed by atoms with Crippen LogP contribution in [-0.4, -0.2) is 16.6 Å². The molecule has 27 heavy (non-hydrogen) atoms. The van der Waals surface area contributed by atoms with Gasteiger partial charge in [-0.1, -0.05) is 24.3 Å². The first-order valence-electron chi connectivity index (χ1n) is 10.2. The van der Waals surface area contributed by atoms with Crippen molar-refractivity contribution < 1.29 is 5.11 Å². The molecule has 0 atom stereocenters. The average Bonchev–Trinajstić information content (AvgIpc) is 2.94. The molecule has 0 radical (unpaired) electrons. The summed E-state index contributed by atoms with van der Waals surface area (Å²) < 4.78 is 0. The molecule has 4 fully saturated rings. The van der Waals surface area contributed by atoms with Gasteiger partial charge in [0.05, 0.1) is 5.54 Å². The van der Waals surface area contributed by atoms with E-state index in [-0.39, 0.29) is 5.54 Å². The number of rotatable bonds is 2. The Balaban J connectivity index is 1.35. The molecule has 5 aliphatic rings. The molecule has 0 heterocycles. The maximum atomic E-state index is 10.3. The van der Waals surface area contributed by atoms with Gasteiger partial charge in [0.1, 0.15) is 5.76 Å². The van der Waals surface area contributed by atoms with E-state index in [4.69, 9.17) is 10.7 Å². The molecule has 2 aromatic rings. The molecular formula is C23H25N3O. The first-order valence-corrected chi connectivity index (χ1v) is 10.2. The molecule has 4 heteroatoms. The van der Waals surface area contributed by atoms with Crippen LogP contribution < -0.4 is 11.1 Å². The predicted molar refractivity (Wildman–Crippen MR) is 111 cm³/mol. The number of hydrogen-bond acceptors (Lipinski definition) is 2. The van der Waals surface area contributed by atoms with Crippen LogP contribution in [0.3, 0.4) is 0 Å². The topological polar surface area (TPSA) is 70.6 Å². The monoisotopic (exact) mass is 359 g/mol. The number of benzene rings is 2. The SMILES string of the molecule is NC(=NC12CC3CC(CC(C3)C1)C2)Nc1ccc2cccc3c2c1C=C3O. The molecule has 4 bridgehead atoms. The highest BCUT2D eigenvalue weighted by atomic mass is 16.3. The van der Waals surface area contributed by atoms with Crippen molar-refractivity contribution in [2.75, 3.05) is 5.32 Å². The van der Waals surface area contributed by atoms with Crippen molar-refractivity contribution in [3.05, 3.63) is 41.5 Å². The van der Waals surface area contributed by atoms with E-state index >= 15 is 0 Å². The van der Waals surface area contributed by atoms with Crippen LogP contribution in [0.4, 0.5) is 5.69 Å². The second kappa shape index (κ2) is 5.28. The Morgan fingerprint density at radius 3 is 2.44 bits per heavy atom. The molecule has 4 saturated carbocycles. The number of aliphatic hydroxyl groups is 1. The lowest BCUT2D eigenvalue weighted by atomic mass is 9.53. The number of aliphatic imine (C=N–C) groups is 1. The van der Waals surface area contributed by atoms with Crippen molar-refractivity contribution in [2.24, 2.45) is 28.5 Å². The average molecular weight is 359 g/mol. The van der Waals surface area contributed by atoms with E-state index in [0.717, 1.165) is 45.3 Å². The van der Waals surface area contributed by atoms with Crippen LogP contribution in [0.5, 0.6) is 0 Å². The second-order valence-electron chi connectivity index (χ2n) is 9.22. The molecule has 0 saturated heterocycles. The second-order valence-corrected chi connectivity index (χ2v) is 9.22. The van der Waals surface area contributed by atoms with Gasteiger partial charge >= 0.3 is 0 Å². The highest BCUT2D eigenvalue weighted by Gasteiger charge is 2.51. The third-order valence-corrected chi connectivity index (χ3v) is 7.27. The quantitative estimate of drug-likeness (QED) is 0.527. The van der Waals surface area contributed by atoms with Crippen molar-refractivity contribution >= 4 is 34.3 Å². The van der Waals surface area contributed by atoms with Gasteiger partial charge in [-0.3, -0.25) is 0 Å². The fraction of sp³-hybridized carbons (Fsp3) is 0.435. The van der Waals surface area contributed by atoms with Gasteiger partial charge in [-0.05, 0) is 73.8 Å². The van der Waals surface area contributed by atoms with Gasteiger partial charge in [-0.15, -0.1) is 0 Å². The van der Waals surface area contributed by atoms with Crippen LogP contribution in [0.2, 0.25) is 0 Å². The normalized spacial score (nSPS) is 33.6. The van der Waals surface area contributed by atoms with Crippen LogP contribution in [0.15, 0.2) is 35.3 Å². The largest absolute Gasteiger partial charge is 0.507 e. The third-order valence-electron chi connectivity index (χ3n) is 7.27. The number of anilines is 1. The Morgan fingerprint density at radius 2 is 1.74 bits per heavy atom. The van der Waals surface area contributed by atoms with Crippen LogP contribution >= 0.6 is 0 Å². The lowest BCUT2D eigenvalue weighted by Gasteiger charge is -2.54. The van der Waals surface area contributed by atoms with Crippen molar-refractivity contribution in [3.63, 3.8) is 0 Å². The van der Waals surface area contributed by atoms with Gasteiger partial charge in [-0.25, -0.2) is 4.99 Å². The summed E-state index contributed by atoms with van der Waals surface area (Å²) in [5.74, 6) is 3.40. The lowest BCUT2D eigenvalue weighted by molar-refractivity contribution is 0.00163. The number of guanidine groups is 1. The summed E-state index contributed by atoms with van der Waals surface area (Å²) in [5, 5.41) is 15.9. The molecule has 4 N–H and O–H groups in total. The Morgan fingerprint density at radius 1 is 1.04 bits per heavy atom. The highest BCUT2D eigenvalue weighted by molar-refractivity contribution is 6.12. The molecule has 2 aromatic carbocycles. The van der Waals surface area contributed by atoms with Gasteiger partial charge < -0.3 is 16.2 Å². The van der Waals surface area contributed by atoms with Crippen molar-refractivity contribution in [1.82, 2.24) is 0 Å². The molecule has 4 nitrogen and oxygen atoms in total. The number of nitrogens with one attached hydrogen (secondary N) is 1. The number of hydrogen-bond donors (Lipinski definition) is 3. The first kappa shape index (κ1) is 15.6. The number of nitrogens with zero attached hydrogens (tertiary/aromatic N) is 1. The summed E-state index contributed by atoms with van der Waals surface area (Å²) in [6.07, 6.45) is 9.67. The minimum absolute atomic E-state index is 0.0617. The van der Waals surface area contributed by atoms with Crippen molar-refractivity contribution in [2.45, 2.75) is 44.1 Å². The maximum Gasteiger partial charge on any atom is 0.193 e. The smallest absolute Gasteiger partial charge is 0.193 e. The lowest BCUT2D eigenvalue weighted by Crippen LogP contribution is -2.50. The van der Waals surface area contributed by atoms with Gasteiger partial charge in [0.2, 0.25) is 0 Å². The molecule has 0 spiro atoms. The van der Waals surface area contributed by atoms with Crippen LogP contribution in [-0.2, 0) is 0 Å². The summed E-state index contributed by atoms with van der Waals surface area (Å²) in [5.41, 5.74) is 9.28. The molecule has 7 rings (SSSR count). The molecule has 138 valence electrons. The molecular weight excluding hydrogens is 334 g/mol. The van der Waals surface area contributed by atoms with Crippen LogP contribution in [0.25, 0.3) is 22.6 Å². The Kier molecular flexibility index (Phi) is 3.04. The van der Waals surface area contributed by atoms with Crippen molar-refractivity contribution in [1.29, 1.82) is 0 Å². The molecule has 0 amide bonds. The minimum atomic E-state index is 0.0617. The Bertz CT molecular complexity index is 984. The Labute approximate surface area is 159 Å². The molecule has 0 aliphatic heterocycles.